The van der Waals surface area contributed by atoms with Gasteiger partial charge in [-0.15, -0.1) is 0 Å². The predicted molar refractivity (Wildman–Crippen MR) is 154 cm³/mol. The Labute approximate surface area is 219 Å². The molecular formula is C32H61NO2. The van der Waals surface area contributed by atoms with Crippen molar-refractivity contribution in [3.63, 3.8) is 0 Å². The summed E-state index contributed by atoms with van der Waals surface area (Å²) in [4.78, 5) is 0. The standard InChI is InChI=1S/C32H61NO2/c1-3-5-7-9-11-13-15-17-19-21-23-25-29-34-32(27-28-33-31-32)35-30-26-24-22-20-18-16-14-12-10-8-6-4-2/h9-12,33H,3-8,13-31H2,1-2H3/b11-9-,12-10-. The van der Waals surface area contributed by atoms with Crippen LogP contribution in [0.25, 0.3) is 0 Å². The third-order valence-electron chi connectivity index (χ3n) is 7.12. The lowest BCUT2D eigenvalue weighted by atomic mass is 10.1. The first kappa shape index (κ1) is 32.4. The van der Waals surface area contributed by atoms with E-state index in [-0.39, 0.29) is 5.79 Å². The number of hydrogen-bond donors (Lipinski definition) is 1. The second kappa shape index (κ2) is 25.0. The summed E-state index contributed by atoms with van der Waals surface area (Å²) in [5.41, 5.74) is 0. The molecule has 1 heterocycles. The van der Waals surface area contributed by atoms with E-state index in [1.807, 2.05) is 0 Å². The zero-order chi connectivity index (χ0) is 25.1. The summed E-state index contributed by atoms with van der Waals surface area (Å²) in [6, 6.07) is 0. The van der Waals surface area contributed by atoms with E-state index in [2.05, 4.69) is 43.5 Å². The quantitative estimate of drug-likeness (QED) is 0.0742. The minimum Gasteiger partial charge on any atom is -0.349 e. The molecule has 0 amide bonds. The molecule has 1 N–H and O–H groups in total. The molecule has 0 bridgehead atoms. The zero-order valence-corrected chi connectivity index (χ0v) is 23.8. The van der Waals surface area contributed by atoms with Crippen molar-refractivity contribution in [2.45, 2.75) is 154 Å². The van der Waals surface area contributed by atoms with Gasteiger partial charge in [0.15, 0.2) is 5.79 Å². The minimum absolute atomic E-state index is 0.353. The highest BCUT2D eigenvalue weighted by atomic mass is 16.7. The van der Waals surface area contributed by atoms with Crippen molar-refractivity contribution in [3.8, 4) is 0 Å². The van der Waals surface area contributed by atoms with Gasteiger partial charge in [-0.1, -0.05) is 115 Å². The van der Waals surface area contributed by atoms with Gasteiger partial charge in [-0.05, 0) is 51.4 Å². The Morgan fingerprint density at radius 1 is 0.543 bits per heavy atom. The third kappa shape index (κ3) is 20.1. The molecule has 0 aromatic rings. The molecule has 0 aromatic heterocycles. The normalized spacial score (nSPS) is 15.7. The molecule has 1 aliphatic heterocycles. The average Bonchev–Trinajstić information content (AvgIpc) is 3.34. The second-order valence-corrected chi connectivity index (χ2v) is 10.6. The van der Waals surface area contributed by atoms with Crippen LogP contribution in [0, 0.1) is 0 Å². The van der Waals surface area contributed by atoms with E-state index in [0.717, 1.165) is 45.6 Å². The van der Waals surface area contributed by atoms with Gasteiger partial charge in [0.25, 0.3) is 0 Å². The van der Waals surface area contributed by atoms with Gasteiger partial charge in [-0.3, -0.25) is 0 Å². The molecule has 0 saturated carbocycles. The van der Waals surface area contributed by atoms with E-state index in [0.29, 0.717) is 0 Å². The average molecular weight is 492 g/mol. The lowest BCUT2D eigenvalue weighted by Crippen LogP contribution is -2.39. The Morgan fingerprint density at radius 2 is 0.943 bits per heavy atom. The molecule has 3 nitrogen and oxygen atoms in total. The number of allylic oxidation sites excluding steroid dienone is 4. The summed E-state index contributed by atoms with van der Waals surface area (Å²) >= 11 is 0. The van der Waals surface area contributed by atoms with Gasteiger partial charge >= 0.3 is 0 Å². The van der Waals surface area contributed by atoms with Crippen LogP contribution in [0.2, 0.25) is 0 Å². The molecular weight excluding hydrogens is 430 g/mol. The molecule has 1 rings (SSSR count). The number of hydrogen-bond acceptors (Lipinski definition) is 3. The van der Waals surface area contributed by atoms with Crippen molar-refractivity contribution in [2.24, 2.45) is 0 Å². The van der Waals surface area contributed by atoms with Gasteiger partial charge in [0.05, 0.1) is 13.2 Å². The van der Waals surface area contributed by atoms with Crippen molar-refractivity contribution >= 4 is 0 Å². The maximum absolute atomic E-state index is 6.29. The van der Waals surface area contributed by atoms with E-state index < -0.39 is 0 Å². The summed E-state index contributed by atoms with van der Waals surface area (Å²) in [6.45, 7) is 8.07. The van der Waals surface area contributed by atoms with E-state index in [4.69, 9.17) is 9.47 Å². The van der Waals surface area contributed by atoms with Gasteiger partial charge in [0, 0.05) is 19.5 Å². The molecule has 206 valence electrons. The van der Waals surface area contributed by atoms with Crippen LogP contribution in [0.1, 0.15) is 149 Å². The van der Waals surface area contributed by atoms with Crippen LogP contribution < -0.4 is 5.32 Å². The third-order valence-corrected chi connectivity index (χ3v) is 7.12. The number of unbranched alkanes of at least 4 members (excludes halogenated alkanes) is 16. The Kier molecular flexibility index (Phi) is 23.2. The summed E-state index contributed by atoms with van der Waals surface area (Å²) in [6.07, 6.45) is 36.5. The monoisotopic (exact) mass is 491 g/mol. The SMILES string of the molecule is CCCC/C=C\CCCCCCCCOC1(OCCCCCCCC/C=C\CCCC)CCNC1. The fraction of sp³-hybridized carbons (Fsp3) is 0.875. The van der Waals surface area contributed by atoms with Gasteiger partial charge in [-0.25, -0.2) is 0 Å². The molecule has 0 atom stereocenters. The first-order valence-corrected chi connectivity index (χ1v) is 15.6. The fourth-order valence-electron chi connectivity index (χ4n) is 4.71. The van der Waals surface area contributed by atoms with Crippen molar-refractivity contribution in [1.29, 1.82) is 0 Å². The molecule has 0 aromatic carbocycles. The highest BCUT2D eigenvalue weighted by Gasteiger charge is 2.35. The lowest BCUT2D eigenvalue weighted by molar-refractivity contribution is -0.224. The molecule has 0 unspecified atom stereocenters. The first-order valence-electron chi connectivity index (χ1n) is 15.6. The summed E-state index contributed by atoms with van der Waals surface area (Å²) in [5.74, 6) is -0.353. The predicted octanol–water partition coefficient (Wildman–Crippen LogP) is 9.66. The fourth-order valence-corrected chi connectivity index (χ4v) is 4.71. The van der Waals surface area contributed by atoms with E-state index >= 15 is 0 Å². The summed E-state index contributed by atoms with van der Waals surface area (Å²) in [5, 5.41) is 3.45. The van der Waals surface area contributed by atoms with E-state index in [1.165, 1.54) is 116 Å². The smallest absolute Gasteiger partial charge is 0.181 e. The summed E-state index contributed by atoms with van der Waals surface area (Å²) in [7, 11) is 0. The van der Waals surface area contributed by atoms with Crippen LogP contribution in [0.5, 0.6) is 0 Å². The number of nitrogens with one attached hydrogen (secondary N) is 1. The van der Waals surface area contributed by atoms with Crippen LogP contribution >= 0.6 is 0 Å². The Morgan fingerprint density at radius 3 is 1.34 bits per heavy atom. The van der Waals surface area contributed by atoms with Crippen LogP contribution in [0.4, 0.5) is 0 Å². The Hall–Kier alpha value is -0.640. The molecule has 35 heavy (non-hydrogen) atoms. The summed E-state index contributed by atoms with van der Waals surface area (Å²) < 4.78 is 12.6. The number of rotatable bonds is 26. The Balaban J connectivity index is 1.93. The lowest BCUT2D eigenvalue weighted by Gasteiger charge is -2.29. The highest BCUT2D eigenvalue weighted by molar-refractivity contribution is 4.82. The molecule has 0 radical (unpaired) electrons. The van der Waals surface area contributed by atoms with Gasteiger partial charge < -0.3 is 14.8 Å². The molecule has 0 spiro atoms. The van der Waals surface area contributed by atoms with E-state index in [1.54, 1.807) is 0 Å². The van der Waals surface area contributed by atoms with Crippen LogP contribution in [-0.4, -0.2) is 32.1 Å². The minimum atomic E-state index is -0.353. The van der Waals surface area contributed by atoms with Crippen molar-refractivity contribution in [2.75, 3.05) is 26.3 Å². The molecule has 3 heteroatoms. The Bertz CT molecular complexity index is 444. The first-order chi connectivity index (χ1) is 17.3. The maximum atomic E-state index is 6.29. The van der Waals surface area contributed by atoms with Gasteiger partial charge in [0.1, 0.15) is 0 Å². The van der Waals surface area contributed by atoms with Crippen molar-refractivity contribution in [3.05, 3.63) is 24.3 Å². The topological polar surface area (TPSA) is 30.5 Å². The molecule has 1 fully saturated rings. The van der Waals surface area contributed by atoms with Crippen molar-refractivity contribution < 1.29 is 9.47 Å². The van der Waals surface area contributed by atoms with E-state index in [9.17, 15) is 0 Å². The highest BCUT2D eigenvalue weighted by Crippen LogP contribution is 2.23. The largest absolute Gasteiger partial charge is 0.349 e. The number of ether oxygens (including phenoxy) is 2. The van der Waals surface area contributed by atoms with Crippen LogP contribution in [0.15, 0.2) is 24.3 Å². The molecule has 1 saturated heterocycles. The second-order valence-electron chi connectivity index (χ2n) is 10.6. The van der Waals surface area contributed by atoms with Crippen LogP contribution in [-0.2, 0) is 9.47 Å². The van der Waals surface area contributed by atoms with Crippen LogP contribution in [0.3, 0.4) is 0 Å². The maximum Gasteiger partial charge on any atom is 0.181 e. The molecule has 0 aliphatic carbocycles. The zero-order valence-electron chi connectivity index (χ0n) is 23.8. The van der Waals surface area contributed by atoms with Gasteiger partial charge in [0.2, 0.25) is 0 Å². The van der Waals surface area contributed by atoms with Crippen molar-refractivity contribution in [1.82, 2.24) is 5.32 Å². The van der Waals surface area contributed by atoms with Gasteiger partial charge in [-0.2, -0.15) is 0 Å². The molecule has 1 aliphatic rings.